The van der Waals surface area contributed by atoms with Gasteiger partial charge in [-0.05, 0) is 58.4 Å². The van der Waals surface area contributed by atoms with Gasteiger partial charge in [0.05, 0.1) is 17.6 Å². The molecule has 0 unspecified atom stereocenters. The Hall–Kier alpha value is -4.20. The van der Waals surface area contributed by atoms with Gasteiger partial charge in [0.15, 0.2) is 11.6 Å². The van der Waals surface area contributed by atoms with Crippen LogP contribution in [-0.2, 0) is 14.3 Å². The predicted octanol–water partition coefficient (Wildman–Crippen LogP) is 5.42. The lowest BCUT2D eigenvalue weighted by Crippen LogP contribution is -2.26. The van der Waals surface area contributed by atoms with E-state index in [4.69, 9.17) is 13.9 Å². The summed E-state index contributed by atoms with van der Waals surface area (Å²) >= 11 is 0. The van der Waals surface area contributed by atoms with E-state index in [1.54, 1.807) is 19.2 Å². The van der Waals surface area contributed by atoms with Crippen LogP contribution in [0.15, 0.2) is 34.9 Å². The van der Waals surface area contributed by atoms with Crippen molar-refractivity contribution in [3.63, 3.8) is 0 Å². The monoisotopic (exact) mass is 579 g/mol. The summed E-state index contributed by atoms with van der Waals surface area (Å²) < 4.78 is 60.9. The number of aromatic nitrogens is 3. The molecular formula is C27H32F3N5O6. The van der Waals surface area contributed by atoms with Crippen molar-refractivity contribution >= 4 is 29.8 Å². The van der Waals surface area contributed by atoms with E-state index in [2.05, 4.69) is 30.6 Å². The Balaban J connectivity index is 0.000000587. The van der Waals surface area contributed by atoms with Gasteiger partial charge in [0, 0.05) is 31.9 Å². The minimum absolute atomic E-state index is 0.0878. The lowest BCUT2D eigenvalue weighted by Gasteiger charge is -2.28. The smallest absolute Gasteiger partial charge is 0.320 e. The fourth-order valence-corrected chi connectivity index (χ4v) is 3.77. The zero-order valence-corrected chi connectivity index (χ0v) is 23.1. The molecule has 0 radical (unpaired) electrons. The molecule has 1 saturated carbocycles. The number of amides is 1. The van der Waals surface area contributed by atoms with Gasteiger partial charge in [-0.25, -0.2) is 18.2 Å². The zero-order valence-electron chi connectivity index (χ0n) is 23.1. The second-order valence-electron chi connectivity index (χ2n) is 10.2. The van der Waals surface area contributed by atoms with Crippen LogP contribution < -0.4 is 15.4 Å². The van der Waals surface area contributed by atoms with E-state index in [-0.39, 0.29) is 17.7 Å². The topological polar surface area (TPSA) is 138 Å². The van der Waals surface area contributed by atoms with Gasteiger partial charge < -0.3 is 29.3 Å². The molecule has 1 fully saturated rings. The van der Waals surface area contributed by atoms with Crippen molar-refractivity contribution in [2.45, 2.75) is 58.2 Å². The summed E-state index contributed by atoms with van der Waals surface area (Å²) in [5.74, 6) is -3.83. The van der Waals surface area contributed by atoms with Crippen molar-refractivity contribution in [2.75, 3.05) is 24.4 Å². The third-order valence-electron chi connectivity index (χ3n) is 5.75. The second-order valence-corrected chi connectivity index (χ2v) is 10.2. The van der Waals surface area contributed by atoms with E-state index in [0.29, 0.717) is 36.1 Å². The number of ether oxygens (including phenoxy) is 3. The Morgan fingerprint density at radius 2 is 1.78 bits per heavy atom. The molecule has 0 bridgehead atoms. The first kappa shape index (κ1) is 31.3. The van der Waals surface area contributed by atoms with E-state index in [1.165, 1.54) is 6.20 Å². The minimum atomic E-state index is -1.34. The van der Waals surface area contributed by atoms with Crippen LogP contribution in [0.1, 0.15) is 57.1 Å². The SMILES string of the molecule is CC(C)(C)OC=O.COCC1CCC(Oc2ccc(NC(=O)c3nnc(Nc4cc(F)c(F)cc4F)o3)cn2)CC1. The highest BCUT2D eigenvalue weighted by molar-refractivity contribution is 6.00. The van der Waals surface area contributed by atoms with Gasteiger partial charge in [-0.2, -0.15) is 0 Å². The minimum Gasteiger partial charge on any atom is -0.474 e. The molecule has 222 valence electrons. The molecule has 0 aliphatic heterocycles. The van der Waals surface area contributed by atoms with Gasteiger partial charge in [0.2, 0.25) is 5.88 Å². The van der Waals surface area contributed by atoms with Gasteiger partial charge in [-0.1, -0.05) is 5.10 Å². The average molecular weight is 580 g/mol. The number of halogens is 3. The van der Waals surface area contributed by atoms with Crippen molar-refractivity contribution in [1.29, 1.82) is 0 Å². The number of carbonyl (C=O) groups excluding carboxylic acids is 2. The second kappa shape index (κ2) is 14.4. The van der Waals surface area contributed by atoms with Crippen molar-refractivity contribution in [3.8, 4) is 5.88 Å². The van der Waals surface area contributed by atoms with Gasteiger partial charge in [-0.3, -0.25) is 9.59 Å². The summed E-state index contributed by atoms with van der Waals surface area (Å²) in [4.78, 5) is 26.2. The number of methoxy groups -OCH3 is 1. The first-order valence-corrected chi connectivity index (χ1v) is 12.8. The fraction of sp³-hybridized carbons (Fsp3) is 0.444. The number of pyridine rings is 1. The van der Waals surface area contributed by atoms with Crippen LogP contribution in [0.5, 0.6) is 5.88 Å². The number of nitrogens with zero attached hydrogens (tertiary/aromatic N) is 3. The molecule has 4 rings (SSSR count). The van der Waals surface area contributed by atoms with Gasteiger partial charge in [0.1, 0.15) is 17.5 Å². The quantitative estimate of drug-likeness (QED) is 0.250. The summed E-state index contributed by atoms with van der Waals surface area (Å²) in [5, 5.41) is 11.9. The average Bonchev–Trinajstić information content (AvgIpc) is 3.38. The van der Waals surface area contributed by atoms with E-state index in [0.717, 1.165) is 32.3 Å². The van der Waals surface area contributed by atoms with Crippen LogP contribution >= 0.6 is 0 Å². The van der Waals surface area contributed by atoms with Crippen molar-refractivity contribution in [1.82, 2.24) is 15.2 Å². The zero-order chi connectivity index (χ0) is 30.0. The number of benzene rings is 1. The highest BCUT2D eigenvalue weighted by Crippen LogP contribution is 2.28. The number of carbonyl (C=O) groups is 2. The molecule has 2 N–H and O–H groups in total. The van der Waals surface area contributed by atoms with Crippen LogP contribution in [-0.4, -0.2) is 53.0 Å². The van der Waals surface area contributed by atoms with Crippen molar-refractivity contribution < 1.29 is 41.4 Å². The Bertz CT molecular complexity index is 1290. The molecule has 41 heavy (non-hydrogen) atoms. The summed E-state index contributed by atoms with van der Waals surface area (Å²) in [6.07, 6.45) is 5.44. The van der Waals surface area contributed by atoms with Crippen molar-refractivity contribution in [2.24, 2.45) is 5.92 Å². The Labute approximate surface area is 234 Å². The number of anilines is 3. The molecule has 2 aromatic heterocycles. The van der Waals surface area contributed by atoms with Crippen LogP contribution in [0.3, 0.4) is 0 Å². The van der Waals surface area contributed by atoms with E-state index < -0.39 is 34.9 Å². The van der Waals surface area contributed by atoms with Crippen LogP contribution in [0.25, 0.3) is 0 Å². The molecule has 1 amide bonds. The molecule has 0 atom stereocenters. The molecule has 1 aromatic carbocycles. The molecule has 2 heterocycles. The van der Waals surface area contributed by atoms with Crippen molar-refractivity contribution in [3.05, 3.63) is 53.8 Å². The lowest BCUT2D eigenvalue weighted by atomic mass is 9.88. The highest BCUT2D eigenvalue weighted by Gasteiger charge is 2.23. The molecule has 3 aromatic rings. The number of rotatable bonds is 9. The van der Waals surface area contributed by atoms with Crippen LogP contribution in [0.4, 0.5) is 30.6 Å². The Kier molecular flexibility index (Phi) is 11.0. The Morgan fingerprint density at radius 1 is 1.07 bits per heavy atom. The molecule has 0 saturated heterocycles. The fourth-order valence-electron chi connectivity index (χ4n) is 3.77. The molecule has 0 spiro atoms. The number of hydrogen-bond acceptors (Lipinski definition) is 10. The predicted molar refractivity (Wildman–Crippen MR) is 141 cm³/mol. The summed E-state index contributed by atoms with van der Waals surface area (Å²) in [6.45, 7) is 6.68. The van der Waals surface area contributed by atoms with Gasteiger partial charge >= 0.3 is 17.8 Å². The maximum atomic E-state index is 13.7. The van der Waals surface area contributed by atoms with E-state index >= 15 is 0 Å². The summed E-state index contributed by atoms with van der Waals surface area (Å²) in [6, 6.07) is 3.84. The summed E-state index contributed by atoms with van der Waals surface area (Å²) in [7, 11) is 1.71. The van der Waals surface area contributed by atoms with Gasteiger partial charge in [-0.15, -0.1) is 5.10 Å². The standard InChI is InChI=1S/C22H22F3N5O4.C5H10O2/c1-32-11-12-2-5-14(6-3-12)33-19-7-4-13(10-26-19)27-20(31)21-29-30-22(34-21)28-18-9-16(24)15(23)8-17(18)25;1-5(2,3)7-4-6/h4,7-10,12,14H,2-3,5-6,11H2,1H3,(H,27,31)(H,28,30);4H,1-3H3. The Morgan fingerprint density at radius 3 is 2.37 bits per heavy atom. The van der Waals surface area contributed by atoms with E-state index in [1.807, 2.05) is 20.8 Å². The first-order chi connectivity index (χ1) is 19.5. The largest absolute Gasteiger partial charge is 0.474 e. The molecular weight excluding hydrogens is 547 g/mol. The molecule has 1 aliphatic carbocycles. The third-order valence-corrected chi connectivity index (χ3v) is 5.75. The van der Waals surface area contributed by atoms with E-state index in [9.17, 15) is 22.8 Å². The lowest BCUT2D eigenvalue weighted by molar-refractivity contribution is -0.138. The normalized spacial score (nSPS) is 16.7. The highest BCUT2D eigenvalue weighted by atomic mass is 19.2. The number of nitrogens with one attached hydrogen (secondary N) is 2. The first-order valence-electron chi connectivity index (χ1n) is 12.8. The molecule has 14 heteroatoms. The van der Waals surface area contributed by atoms with Gasteiger partial charge in [0.25, 0.3) is 6.47 Å². The molecule has 11 nitrogen and oxygen atoms in total. The number of hydrogen-bond donors (Lipinski definition) is 2. The summed E-state index contributed by atoms with van der Waals surface area (Å²) in [5.41, 5.74) is -0.385. The van der Waals surface area contributed by atoms with Crippen LogP contribution in [0.2, 0.25) is 0 Å². The maximum absolute atomic E-state index is 13.7. The molecule has 1 aliphatic rings. The third kappa shape index (κ3) is 10.0. The maximum Gasteiger partial charge on any atom is 0.320 e. The van der Waals surface area contributed by atoms with Crippen LogP contribution in [0, 0.1) is 23.4 Å².